The van der Waals surface area contributed by atoms with Crippen LogP contribution >= 0.6 is 0 Å². The fourth-order valence-electron chi connectivity index (χ4n) is 0.853. The zero-order valence-electron chi connectivity index (χ0n) is 7.29. The van der Waals surface area contributed by atoms with Crippen molar-refractivity contribution in [3.05, 3.63) is 35.9 Å². The smallest absolute Gasteiger partial charge is 0.320 e. The molecule has 0 aliphatic heterocycles. The molecule has 0 bridgehead atoms. The summed E-state index contributed by atoms with van der Waals surface area (Å²) in [6, 6.07) is 8.63. The molecule has 4 nitrogen and oxygen atoms in total. The Morgan fingerprint density at radius 2 is 1.92 bits per heavy atom. The van der Waals surface area contributed by atoms with E-state index in [-0.39, 0.29) is 11.9 Å². The van der Waals surface area contributed by atoms with Crippen molar-refractivity contribution in [3.63, 3.8) is 0 Å². The molecule has 2 amide bonds. The summed E-state index contributed by atoms with van der Waals surface area (Å²) in [7, 11) is 1.51. The molecular weight excluding hydrogens is 166 g/mol. The molecule has 0 fully saturated rings. The van der Waals surface area contributed by atoms with E-state index in [0.717, 1.165) is 0 Å². The molecular formula is C9H11N3O. The molecule has 0 aliphatic rings. The molecule has 1 aromatic rings. The van der Waals surface area contributed by atoms with Crippen molar-refractivity contribution in [2.75, 3.05) is 7.05 Å². The van der Waals surface area contributed by atoms with Gasteiger partial charge in [0.25, 0.3) is 0 Å². The maximum absolute atomic E-state index is 10.8. The van der Waals surface area contributed by atoms with Gasteiger partial charge in [-0.05, 0) is 0 Å². The largest absolute Gasteiger partial charge is 0.341 e. The molecule has 1 rings (SSSR count). The minimum Gasteiger partial charge on any atom is -0.341 e. The minimum atomic E-state index is -0.381. The first kappa shape index (κ1) is 9.25. The van der Waals surface area contributed by atoms with Crippen LogP contribution in [0.4, 0.5) is 4.79 Å². The molecule has 0 aromatic heterocycles. The van der Waals surface area contributed by atoms with Gasteiger partial charge >= 0.3 is 6.03 Å². The van der Waals surface area contributed by atoms with Crippen molar-refractivity contribution >= 4 is 11.9 Å². The Morgan fingerprint density at radius 1 is 1.31 bits per heavy atom. The summed E-state index contributed by atoms with van der Waals surface area (Å²) in [4.78, 5) is 10.8. The van der Waals surface area contributed by atoms with Crippen LogP contribution in [0, 0.1) is 5.41 Å². The summed E-state index contributed by atoms with van der Waals surface area (Å²) in [6.07, 6.45) is 0. The van der Waals surface area contributed by atoms with Crippen LogP contribution < -0.4 is 10.6 Å². The number of nitrogens with one attached hydrogen (secondary N) is 3. The van der Waals surface area contributed by atoms with Gasteiger partial charge in [-0.3, -0.25) is 10.7 Å². The first-order chi connectivity index (χ1) is 6.24. The maximum atomic E-state index is 10.8. The van der Waals surface area contributed by atoms with Crippen molar-refractivity contribution in [1.82, 2.24) is 10.6 Å². The van der Waals surface area contributed by atoms with E-state index in [4.69, 9.17) is 5.41 Å². The number of benzene rings is 1. The van der Waals surface area contributed by atoms with Gasteiger partial charge in [-0.15, -0.1) is 0 Å². The Morgan fingerprint density at radius 3 is 2.46 bits per heavy atom. The van der Waals surface area contributed by atoms with E-state index in [1.54, 1.807) is 12.1 Å². The topological polar surface area (TPSA) is 65.0 Å². The predicted molar refractivity (Wildman–Crippen MR) is 50.9 cm³/mol. The van der Waals surface area contributed by atoms with Crippen LogP contribution in [0.2, 0.25) is 0 Å². The van der Waals surface area contributed by atoms with Crippen LogP contribution in [0.3, 0.4) is 0 Å². The zero-order valence-corrected chi connectivity index (χ0v) is 7.29. The SMILES string of the molecule is CNC(=O)NC(=N)c1ccccc1. The third-order valence-electron chi connectivity index (χ3n) is 1.53. The number of rotatable bonds is 1. The van der Waals surface area contributed by atoms with Gasteiger partial charge in [0.1, 0.15) is 5.84 Å². The minimum absolute atomic E-state index is 0.0972. The van der Waals surface area contributed by atoms with Gasteiger partial charge in [0.2, 0.25) is 0 Å². The number of carbonyl (C=O) groups is 1. The lowest BCUT2D eigenvalue weighted by atomic mass is 10.2. The molecule has 4 heteroatoms. The lowest BCUT2D eigenvalue weighted by molar-refractivity contribution is 0.247. The Hall–Kier alpha value is -1.84. The standard InChI is InChI=1S/C9H11N3O/c1-11-9(13)12-8(10)7-5-3-2-4-6-7/h2-6H,1H3,(H3,10,11,12,13). The predicted octanol–water partition coefficient (Wildman–Crippen LogP) is 0.941. The lowest BCUT2D eigenvalue weighted by Gasteiger charge is -2.04. The summed E-state index contributed by atoms with van der Waals surface area (Å²) in [5.41, 5.74) is 0.686. The number of amides is 2. The highest BCUT2D eigenvalue weighted by atomic mass is 16.2. The van der Waals surface area contributed by atoms with E-state index in [2.05, 4.69) is 10.6 Å². The molecule has 3 N–H and O–H groups in total. The molecule has 13 heavy (non-hydrogen) atoms. The number of amidine groups is 1. The van der Waals surface area contributed by atoms with Crippen LogP contribution in [-0.2, 0) is 0 Å². The molecule has 0 radical (unpaired) electrons. The van der Waals surface area contributed by atoms with Gasteiger partial charge in [0, 0.05) is 12.6 Å². The Labute approximate surface area is 76.5 Å². The molecule has 0 heterocycles. The molecule has 0 unspecified atom stereocenters. The summed E-state index contributed by atoms with van der Waals surface area (Å²) in [5, 5.41) is 12.2. The number of hydrogen-bond acceptors (Lipinski definition) is 2. The van der Waals surface area contributed by atoms with Crippen LogP contribution in [-0.4, -0.2) is 18.9 Å². The van der Waals surface area contributed by atoms with Gasteiger partial charge in [-0.25, -0.2) is 4.79 Å². The Bertz CT molecular complexity index is 308. The highest BCUT2D eigenvalue weighted by molar-refractivity contribution is 6.05. The fraction of sp³-hybridized carbons (Fsp3) is 0.111. The van der Waals surface area contributed by atoms with E-state index >= 15 is 0 Å². The monoisotopic (exact) mass is 177 g/mol. The van der Waals surface area contributed by atoms with Crippen molar-refractivity contribution < 1.29 is 4.79 Å². The zero-order chi connectivity index (χ0) is 9.68. The normalized spacial score (nSPS) is 9.00. The third-order valence-corrected chi connectivity index (χ3v) is 1.53. The fourth-order valence-corrected chi connectivity index (χ4v) is 0.853. The van der Waals surface area contributed by atoms with Crippen molar-refractivity contribution in [2.24, 2.45) is 0 Å². The van der Waals surface area contributed by atoms with Crippen molar-refractivity contribution in [1.29, 1.82) is 5.41 Å². The van der Waals surface area contributed by atoms with E-state index in [0.29, 0.717) is 5.56 Å². The molecule has 1 aromatic carbocycles. The highest BCUT2D eigenvalue weighted by Gasteiger charge is 2.02. The van der Waals surface area contributed by atoms with Gasteiger partial charge in [0.05, 0.1) is 0 Å². The Balaban J connectivity index is 2.65. The van der Waals surface area contributed by atoms with Gasteiger partial charge in [-0.1, -0.05) is 30.3 Å². The molecule has 0 spiro atoms. The van der Waals surface area contributed by atoms with Crippen molar-refractivity contribution in [2.45, 2.75) is 0 Å². The van der Waals surface area contributed by atoms with Crippen molar-refractivity contribution in [3.8, 4) is 0 Å². The molecule has 68 valence electrons. The molecule has 0 aliphatic carbocycles. The van der Waals surface area contributed by atoms with Gasteiger partial charge in [0.15, 0.2) is 0 Å². The van der Waals surface area contributed by atoms with Crippen LogP contribution in [0.25, 0.3) is 0 Å². The lowest BCUT2D eigenvalue weighted by Crippen LogP contribution is -2.37. The van der Waals surface area contributed by atoms with Crippen LogP contribution in [0.15, 0.2) is 30.3 Å². The number of hydrogen-bond donors (Lipinski definition) is 3. The average molecular weight is 177 g/mol. The third kappa shape index (κ3) is 2.59. The molecule has 0 saturated heterocycles. The number of urea groups is 1. The van der Waals surface area contributed by atoms with Gasteiger partial charge in [-0.2, -0.15) is 0 Å². The average Bonchev–Trinajstić information content (AvgIpc) is 2.19. The van der Waals surface area contributed by atoms with E-state index < -0.39 is 0 Å². The van der Waals surface area contributed by atoms with E-state index in [1.165, 1.54) is 7.05 Å². The van der Waals surface area contributed by atoms with Crippen LogP contribution in [0.1, 0.15) is 5.56 Å². The first-order valence-corrected chi connectivity index (χ1v) is 3.86. The second-order valence-electron chi connectivity index (χ2n) is 2.45. The first-order valence-electron chi connectivity index (χ1n) is 3.86. The number of carbonyl (C=O) groups excluding carboxylic acids is 1. The summed E-state index contributed by atoms with van der Waals surface area (Å²) in [6.45, 7) is 0. The van der Waals surface area contributed by atoms with Crippen LogP contribution in [0.5, 0.6) is 0 Å². The summed E-state index contributed by atoms with van der Waals surface area (Å²) >= 11 is 0. The summed E-state index contributed by atoms with van der Waals surface area (Å²) in [5.74, 6) is 0.0972. The van der Waals surface area contributed by atoms with E-state index in [1.807, 2.05) is 18.2 Å². The maximum Gasteiger partial charge on any atom is 0.320 e. The highest BCUT2D eigenvalue weighted by Crippen LogP contribution is 1.96. The molecule has 0 atom stereocenters. The van der Waals surface area contributed by atoms with Gasteiger partial charge < -0.3 is 5.32 Å². The molecule has 0 saturated carbocycles. The second-order valence-corrected chi connectivity index (χ2v) is 2.45. The summed E-state index contributed by atoms with van der Waals surface area (Å²) < 4.78 is 0. The second kappa shape index (κ2) is 4.25. The quantitative estimate of drug-likeness (QED) is 0.434. The van der Waals surface area contributed by atoms with E-state index in [9.17, 15) is 4.79 Å². The Kier molecular flexibility index (Phi) is 3.03.